The summed E-state index contributed by atoms with van der Waals surface area (Å²) in [5.74, 6) is -1.13. The van der Waals surface area contributed by atoms with Crippen LogP contribution in [0, 0.1) is 0 Å². The van der Waals surface area contributed by atoms with Gasteiger partial charge in [0.05, 0.1) is 17.3 Å². The molecule has 0 unspecified atom stereocenters. The molecule has 0 saturated carbocycles. The van der Waals surface area contributed by atoms with E-state index in [9.17, 15) is 13.2 Å². The predicted molar refractivity (Wildman–Crippen MR) is 58.1 cm³/mol. The van der Waals surface area contributed by atoms with Crippen molar-refractivity contribution in [3.05, 3.63) is 18.2 Å². The number of hydrogen-bond donors (Lipinski definition) is 1. The molecule has 0 spiro atoms. The van der Waals surface area contributed by atoms with E-state index in [-0.39, 0.29) is 18.0 Å². The monoisotopic (exact) mass is 246 g/mol. The maximum absolute atomic E-state index is 11.5. The van der Waals surface area contributed by atoms with Crippen LogP contribution in [0.5, 0.6) is 0 Å². The fourth-order valence-electron chi connectivity index (χ4n) is 1.06. The van der Waals surface area contributed by atoms with E-state index in [1.54, 1.807) is 13.8 Å². The number of aryl methyl sites for hydroxylation is 1. The lowest BCUT2D eigenvalue weighted by Crippen LogP contribution is -2.20. The first-order valence-electron chi connectivity index (χ1n) is 4.79. The SMILES string of the molecule is CC(C)S(=O)(=O)CCn1cnc(C(=O)O)c1. The van der Waals surface area contributed by atoms with E-state index in [0.717, 1.165) is 0 Å². The van der Waals surface area contributed by atoms with Crippen molar-refractivity contribution in [2.24, 2.45) is 0 Å². The van der Waals surface area contributed by atoms with Gasteiger partial charge in [0.15, 0.2) is 15.5 Å². The lowest BCUT2D eigenvalue weighted by atomic mass is 10.5. The summed E-state index contributed by atoms with van der Waals surface area (Å²) in [6.45, 7) is 3.46. The van der Waals surface area contributed by atoms with Crippen LogP contribution >= 0.6 is 0 Å². The minimum absolute atomic E-state index is 0.0138. The van der Waals surface area contributed by atoms with Crippen molar-refractivity contribution in [3.63, 3.8) is 0 Å². The summed E-state index contributed by atoms with van der Waals surface area (Å²) < 4.78 is 24.5. The number of sulfone groups is 1. The first-order valence-corrected chi connectivity index (χ1v) is 6.51. The molecule has 1 heterocycles. The van der Waals surface area contributed by atoms with Gasteiger partial charge in [-0.05, 0) is 13.8 Å². The van der Waals surface area contributed by atoms with E-state index in [1.807, 2.05) is 0 Å². The van der Waals surface area contributed by atoms with Crippen LogP contribution in [0.15, 0.2) is 12.5 Å². The third-order valence-corrected chi connectivity index (χ3v) is 4.39. The van der Waals surface area contributed by atoms with E-state index in [0.29, 0.717) is 0 Å². The van der Waals surface area contributed by atoms with Gasteiger partial charge >= 0.3 is 5.97 Å². The highest BCUT2D eigenvalue weighted by molar-refractivity contribution is 7.91. The Morgan fingerprint density at radius 2 is 2.19 bits per heavy atom. The molecule has 1 N–H and O–H groups in total. The van der Waals surface area contributed by atoms with Crippen molar-refractivity contribution in [2.45, 2.75) is 25.6 Å². The number of rotatable bonds is 5. The molecule has 0 aliphatic carbocycles. The molecular formula is C9H14N2O4S. The number of carboxylic acid groups (broad SMARTS) is 1. The molecule has 6 nitrogen and oxygen atoms in total. The Labute approximate surface area is 93.8 Å². The number of hydrogen-bond acceptors (Lipinski definition) is 4. The molecule has 1 rings (SSSR count). The third kappa shape index (κ3) is 3.06. The van der Waals surface area contributed by atoms with Gasteiger partial charge in [-0.2, -0.15) is 0 Å². The molecule has 7 heteroatoms. The lowest BCUT2D eigenvalue weighted by molar-refractivity contribution is 0.0691. The second-order valence-corrected chi connectivity index (χ2v) is 6.39. The summed E-state index contributed by atoms with van der Waals surface area (Å²) in [6.07, 6.45) is 2.64. The van der Waals surface area contributed by atoms with Crippen molar-refractivity contribution in [2.75, 3.05) is 5.75 Å². The first-order chi connectivity index (χ1) is 7.33. The number of nitrogens with zero attached hydrogens (tertiary/aromatic N) is 2. The largest absolute Gasteiger partial charge is 0.476 e. The minimum Gasteiger partial charge on any atom is -0.476 e. The number of aromatic carboxylic acids is 1. The Bertz CT molecular complexity index is 475. The highest BCUT2D eigenvalue weighted by Gasteiger charge is 2.16. The van der Waals surface area contributed by atoms with Crippen LogP contribution in [0.1, 0.15) is 24.3 Å². The molecule has 0 atom stereocenters. The van der Waals surface area contributed by atoms with Gasteiger partial charge in [-0.15, -0.1) is 0 Å². The van der Waals surface area contributed by atoms with E-state index in [4.69, 9.17) is 5.11 Å². The molecule has 16 heavy (non-hydrogen) atoms. The maximum Gasteiger partial charge on any atom is 0.356 e. The summed E-state index contributed by atoms with van der Waals surface area (Å²) in [4.78, 5) is 14.2. The van der Waals surface area contributed by atoms with Gasteiger partial charge in [0.1, 0.15) is 0 Å². The summed E-state index contributed by atoms with van der Waals surface area (Å²) in [7, 11) is -3.10. The third-order valence-electron chi connectivity index (χ3n) is 2.20. The normalized spacial score (nSPS) is 11.9. The topological polar surface area (TPSA) is 89.3 Å². The van der Waals surface area contributed by atoms with Gasteiger partial charge in [0.25, 0.3) is 0 Å². The molecule has 0 saturated heterocycles. The summed E-state index contributed by atoms with van der Waals surface area (Å²) in [5.41, 5.74) is -0.0815. The standard InChI is InChI=1S/C9H14N2O4S/c1-7(2)16(14,15)4-3-11-5-8(9(12)13)10-6-11/h5-7H,3-4H2,1-2H3,(H,12,13). The number of aromatic nitrogens is 2. The van der Waals surface area contributed by atoms with E-state index < -0.39 is 21.1 Å². The summed E-state index contributed by atoms with van der Waals surface area (Å²) in [5, 5.41) is 8.20. The first kappa shape index (κ1) is 12.7. The van der Waals surface area contributed by atoms with Crippen LogP contribution in [-0.2, 0) is 16.4 Å². The molecule has 1 aromatic rings. The van der Waals surface area contributed by atoms with Crippen molar-refractivity contribution in [1.29, 1.82) is 0 Å². The lowest BCUT2D eigenvalue weighted by Gasteiger charge is -2.07. The molecule has 0 fully saturated rings. The molecule has 0 bridgehead atoms. The van der Waals surface area contributed by atoms with E-state index >= 15 is 0 Å². The van der Waals surface area contributed by atoms with Crippen LogP contribution in [0.25, 0.3) is 0 Å². The summed E-state index contributed by atoms with van der Waals surface area (Å²) >= 11 is 0. The van der Waals surface area contributed by atoms with Gasteiger partial charge in [-0.25, -0.2) is 18.2 Å². The quantitative estimate of drug-likeness (QED) is 0.812. The van der Waals surface area contributed by atoms with Gasteiger partial charge in [-0.1, -0.05) is 0 Å². The van der Waals surface area contributed by atoms with Crippen LogP contribution < -0.4 is 0 Å². The van der Waals surface area contributed by atoms with E-state index in [2.05, 4.69) is 4.98 Å². The van der Waals surface area contributed by atoms with Crippen LogP contribution in [0.3, 0.4) is 0 Å². The van der Waals surface area contributed by atoms with Crippen molar-refractivity contribution in [1.82, 2.24) is 9.55 Å². The number of carbonyl (C=O) groups is 1. The molecular weight excluding hydrogens is 232 g/mol. The van der Waals surface area contributed by atoms with Crippen molar-refractivity contribution >= 4 is 15.8 Å². The van der Waals surface area contributed by atoms with Crippen LogP contribution in [0.2, 0.25) is 0 Å². The average Bonchev–Trinajstić information content (AvgIpc) is 2.63. The van der Waals surface area contributed by atoms with Gasteiger partial charge in [0, 0.05) is 12.7 Å². The minimum atomic E-state index is -3.10. The van der Waals surface area contributed by atoms with Crippen molar-refractivity contribution < 1.29 is 18.3 Å². The fourth-order valence-corrected chi connectivity index (χ4v) is 2.00. The average molecular weight is 246 g/mol. The smallest absolute Gasteiger partial charge is 0.356 e. The zero-order valence-corrected chi connectivity index (χ0v) is 9.94. The fraction of sp³-hybridized carbons (Fsp3) is 0.556. The molecule has 90 valence electrons. The van der Waals surface area contributed by atoms with Crippen molar-refractivity contribution in [3.8, 4) is 0 Å². The van der Waals surface area contributed by atoms with Crippen LogP contribution in [-0.4, -0.2) is 40.0 Å². The van der Waals surface area contributed by atoms with Gasteiger partial charge in [0.2, 0.25) is 0 Å². The Kier molecular flexibility index (Phi) is 3.69. The molecule has 0 amide bonds. The van der Waals surface area contributed by atoms with E-state index in [1.165, 1.54) is 17.1 Å². The Balaban J connectivity index is 2.65. The molecule has 1 aromatic heterocycles. The van der Waals surface area contributed by atoms with Gasteiger partial charge < -0.3 is 9.67 Å². The highest BCUT2D eigenvalue weighted by atomic mass is 32.2. The Hall–Kier alpha value is -1.37. The zero-order valence-electron chi connectivity index (χ0n) is 9.12. The number of carboxylic acids is 1. The molecule has 0 aliphatic rings. The number of imidazole rings is 1. The second-order valence-electron chi connectivity index (χ2n) is 3.72. The maximum atomic E-state index is 11.5. The summed E-state index contributed by atoms with van der Waals surface area (Å²) in [6, 6.07) is 0. The molecule has 0 aliphatic heterocycles. The second kappa shape index (κ2) is 4.65. The van der Waals surface area contributed by atoms with Gasteiger partial charge in [-0.3, -0.25) is 0 Å². The molecule has 0 aromatic carbocycles. The van der Waals surface area contributed by atoms with Crippen LogP contribution in [0.4, 0.5) is 0 Å². The molecule has 0 radical (unpaired) electrons. The Morgan fingerprint density at radius 3 is 2.62 bits per heavy atom. The Morgan fingerprint density at radius 1 is 1.56 bits per heavy atom. The predicted octanol–water partition coefficient (Wildman–Crippen LogP) is 0.405. The zero-order chi connectivity index (χ0) is 12.3. The highest BCUT2D eigenvalue weighted by Crippen LogP contribution is 2.03.